The molecule has 0 rings (SSSR count). The molecule has 0 atom stereocenters. The molecule has 80 valence electrons. The SMILES string of the molecule is CC#CCC(C)=CCCNCCOC. The molecule has 0 aromatic carbocycles. The third-order valence-electron chi connectivity index (χ3n) is 1.84. The van der Waals surface area contributed by atoms with Gasteiger partial charge in [-0.15, -0.1) is 5.92 Å². The molecule has 14 heavy (non-hydrogen) atoms. The lowest BCUT2D eigenvalue weighted by Gasteiger charge is -2.01. The van der Waals surface area contributed by atoms with Gasteiger partial charge in [0, 0.05) is 20.1 Å². The van der Waals surface area contributed by atoms with Crippen molar-refractivity contribution in [3.8, 4) is 11.8 Å². The van der Waals surface area contributed by atoms with Crippen LogP contribution in [0, 0.1) is 11.8 Å². The van der Waals surface area contributed by atoms with Gasteiger partial charge in [0.1, 0.15) is 0 Å². The molecule has 0 aliphatic carbocycles. The van der Waals surface area contributed by atoms with E-state index in [-0.39, 0.29) is 0 Å². The van der Waals surface area contributed by atoms with Crippen molar-refractivity contribution in [2.75, 3.05) is 26.8 Å². The van der Waals surface area contributed by atoms with Gasteiger partial charge in [0.25, 0.3) is 0 Å². The van der Waals surface area contributed by atoms with Crippen LogP contribution >= 0.6 is 0 Å². The molecule has 0 radical (unpaired) electrons. The van der Waals surface area contributed by atoms with Gasteiger partial charge >= 0.3 is 0 Å². The lowest BCUT2D eigenvalue weighted by atomic mass is 10.2. The Morgan fingerprint density at radius 2 is 2.21 bits per heavy atom. The van der Waals surface area contributed by atoms with E-state index < -0.39 is 0 Å². The maximum atomic E-state index is 4.93. The van der Waals surface area contributed by atoms with Crippen molar-refractivity contribution in [1.82, 2.24) is 5.32 Å². The number of hydrogen-bond acceptors (Lipinski definition) is 2. The van der Waals surface area contributed by atoms with E-state index in [9.17, 15) is 0 Å². The number of allylic oxidation sites excluding steroid dienone is 1. The highest BCUT2D eigenvalue weighted by Gasteiger charge is 1.87. The predicted molar refractivity (Wildman–Crippen MR) is 61.2 cm³/mol. The summed E-state index contributed by atoms with van der Waals surface area (Å²) in [6.07, 6.45) is 4.21. The molecule has 0 bridgehead atoms. The maximum absolute atomic E-state index is 4.93. The second kappa shape index (κ2) is 10.3. The summed E-state index contributed by atoms with van der Waals surface area (Å²) >= 11 is 0. The Labute approximate surface area is 87.7 Å². The molecule has 2 heteroatoms. The highest BCUT2D eigenvalue weighted by molar-refractivity contribution is 5.10. The Morgan fingerprint density at radius 1 is 1.43 bits per heavy atom. The molecule has 1 N–H and O–H groups in total. The summed E-state index contributed by atoms with van der Waals surface area (Å²) in [5.41, 5.74) is 1.35. The Hall–Kier alpha value is -0.780. The molecule has 0 saturated carbocycles. The Morgan fingerprint density at radius 3 is 2.86 bits per heavy atom. The first-order valence-corrected chi connectivity index (χ1v) is 5.06. The molecule has 0 heterocycles. The smallest absolute Gasteiger partial charge is 0.0587 e. The van der Waals surface area contributed by atoms with Crippen LogP contribution in [0.4, 0.5) is 0 Å². The summed E-state index contributed by atoms with van der Waals surface area (Å²) in [7, 11) is 1.72. The topological polar surface area (TPSA) is 21.3 Å². The molecular weight excluding hydrogens is 174 g/mol. The Balaban J connectivity index is 3.35. The van der Waals surface area contributed by atoms with Crippen LogP contribution in [0.25, 0.3) is 0 Å². The first-order valence-electron chi connectivity index (χ1n) is 5.06. The van der Waals surface area contributed by atoms with Crippen LogP contribution in [0.5, 0.6) is 0 Å². The molecule has 0 aliphatic heterocycles. The van der Waals surface area contributed by atoms with E-state index in [2.05, 4.69) is 30.2 Å². The third kappa shape index (κ3) is 9.31. The number of methoxy groups -OCH3 is 1. The predicted octanol–water partition coefficient (Wildman–Crippen LogP) is 1.97. The average molecular weight is 195 g/mol. The minimum absolute atomic E-state index is 0.782. The van der Waals surface area contributed by atoms with Crippen molar-refractivity contribution in [2.45, 2.75) is 26.7 Å². The quantitative estimate of drug-likeness (QED) is 0.381. The van der Waals surface area contributed by atoms with Crippen molar-refractivity contribution >= 4 is 0 Å². The molecule has 2 nitrogen and oxygen atoms in total. The average Bonchev–Trinajstić information content (AvgIpc) is 2.20. The van der Waals surface area contributed by atoms with Gasteiger partial charge < -0.3 is 10.1 Å². The number of nitrogens with one attached hydrogen (secondary N) is 1. The lowest BCUT2D eigenvalue weighted by Crippen LogP contribution is -2.19. The van der Waals surface area contributed by atoms with Crippen LogP contribution in [0.1, 0.15) is 26.7 Å². The Bertz CT molecular complexity index is 210. The van der Waals surface area contributed by atoms with Gasteiger partial charge in [0.05, 0.1) is 6.61 Å². The van der Waals surface area contributed by atoms with Crippen LogP contribution in [0.3, 0.4) is 0 Å². The first kappa shape index (κ1) is 13.2. The molecule has 0 aromatic heterocycles. The zero-order chi connectivity index (χ0) is 10.6. The fourth-order valence-electron chi connectivity index (χ4n) is 1.02. The van der Waals surface area contributed by atoms with E-state index in [0.29, 0.717) is 0 Å². The van der Waals surface area contributed by atoms with E-state index in [0.717, 1.165) is 32.5 Å². The first-order chi connectivity index (χ1) is 6.81. The lowest BCUT2D eigenvalue weighted by molar-refractivity contribution is 0.199. The van der Waals surface area contributed by atoms with Crippen LogP contribution in [0.2, 0.25) is 0 Å². The summed E-state index contributed by atoms with van der Waals surface area (Å²) in [6.45, 7) is 6.72. The summed E-state index contributed by atoms with van der Waals surface area (Å²) in [5.74, 6) is 5.94. The zero-order valence-corrected chi connectivity index (χ0v) is 9.52. The minimum atomic E-state index is 0.782. The molecule has 0 amide bonds. The van der Waals surface area contributed by atoms with Gasteiger partial charge in [0.2, 0.25) is 0 Å². The van der Waals surface area contributed by atoms with E-state index in [4.69, 9.17) is 4.74 Å². The van der Waals surface area contributed by atoms with Gasteiger partial charge in [-0.25, -0.2) is 0 Å². The van der Waals surface area contributed by atoms with Crippen LogP contribution in [-0.2, 0) is 4.74 Å². The molecule has 0 fully saturated rings. The fraction of sp³-hybridized carbons (Fsp3) is 0.667. The number of hydrogen-bond donors (Lipinski definition) is 1. The standard InChI is InChI=1S/C12H21NO/c1-4-5-7-12(2)8-6-9-13-10-11-14-3/h8,13H,6-7,9-11H2,1-3H3. The monoisotopic (exact) mass is 195 g/mol. The van der Waals surface area contributed by atoms with Crippen molar-refractivity contribution < 1.29 is 4.74 Å². The van der Waals surface area contributed by atoms with E-state index in [1.54, 1.807) is 7.11 Å². The summed E-state index contributed by atoms with van der Waals surface area (Å²) in [6, 6.07) is 0. The summed E-state index contributed by atoms with van der Waals surface area (Å²) in [5, 5.41) is 3.29. The van der Waals surface area contributed by atoms with Gasteiger partial charge in [-0.05, 0) is 26.8 Å². The second-order valence-corrected chi connectivity index (χ2v) is 3.19. The highest BCUT2D eigenvalue weighted by atomic mass is 16.5. The van der Waals surface area contributed by atoms with Crippen LogP contribution in [-0.4, -0.2) is 26.8 Å². The third-order valence-corrected chi connectivity index (χ3v) is 1.84. The highest BCUT2D eigenvalue weighted by Crippen LogP contribution is 1.99. The molecule has 0 unspecified atom stereocenters. The molecule has 0 aliphatic rings. The van der Waals surface area contributed by atoms with Crippen LogP contribution < -0.4 is 5.32 Å². The normalized spacial score (nSPS) is 10.9. The maximum Gasteiger partial charge on any atom is 0.0587 e. The van der Waals surface area contributed by atoms with Crippen molar-refractivity contribution in [2.24, 2.45) is 0 Å². The Kier molecular flexibility index (Phi) is 9.73. The number of ether oxygens (including phenoxy) is 1. The summed E-state index contributed by atoms with van der Waals surface area (Å²) < 4.78 is 4.93. The molecular formula is C12H21NO. The van der Waals surface area contributed by atoms with E-state index in [1.807, 2.05) is 6.92 Å². The van der Waals surface area contributed by atoms with E-state index >= 15 is 0 Å². The van der Waals surface area contributed by atoms with Crippen molar-refractivity contribution in [3.05, 3.63) is 11.6 Å². The summed E-state index contributed by atoms with van der Waals surface area (Å²) in [4.78, 5) is 0. The molecule has 0 saturated heterocycles. The van der Waals surface area contributed by atoms with E-state index in [1.165, 1.54) is 5.57 Å². The zero-order valence-electron chi connectivity index (χ0n) is 9.52. The minimum Gasteiger partial charge on any atom is -0.383 e. The second-order valence-electron chi connectivity index (χ2n) is 3.19. The fourth-order valence-corrected chi connectivity index (χ4v) is 1.02. The number of rotatable bonds is 7. The van der Waals surface area contributed by atoms with Gasteiger partial charge in [-0.1, -0.05) is 17.6 Å². The van der Waals surface area contributed by atoms with Crippen LogP contribution in [0.15, 0.2) is 11.6 Å². The van der Waals surface area contributed by atoms with Crippen molar-refractivity contribution in [3.63, 3.8) is 0 Å². The van der Waals surface area contributed by atoms with Crippen molar-refractivity contribution in [1.29, 1.82) is 0 Å². The largest absolute Gasteiger partial charge is 0.383 e. The van der Waals surface area contributed by atoms with Gasteiger partial charge in [-0.3, -0.25) is 0 Å². The molecule has 0 spiro atoms. The van der Waals surface area contributed by atoms with Gasteiger partial charge in [-0.2, -0.15) is 0 Å². The molecule has 0 aromatic rings. The van der Waals surface area contributed by atoms with Gasteiger partial charge in [0.15, 0.2) is 0 Å².